The monoisotopic (exact) mass is 590 g/mol. The summed E-state index contributed by atoms with van der Waals surface area (Å²) in [4.78, 5) is 40.3. The summed E-state index contributed by atoms with van der Waals surface area (Å²) in [6.45, 7) is 9.60. The number of ether oxygens (including phenoxy) is 3. The number of amides is 2. The number of hydrogen-bond donors (Lipinski definition) is 1. The van der Waals surface area contributed by atoms with Crippen LogP contribution >= 0.6 is 0 Å². The molecule has 2 N–H and O–H groups in total. The van der Waals surface area contributed by atoms with Crippen LogP contribution in [0.1, 0.15) is 151 Å². The van der Waals surface area contributed by atoms with Gasteiger partial charge < -0.3 is 24.8 Å². The molecule has 1 aromatic carbocycles. The first-order valence-electron chi connectivity index (χ1n) is 16.6. The number of primary amides is 1. The molecule has 0 radical (unpaired) electrons. The number of unbranched alkanes of at least 4 members (excludes halogenated alkanes) is 13. The Hall–Kier alpha value is -2.77. The lowest BCUT2D eigenvalue weighted by atomic mass is 10.1. The van der Waals surface area contributed by atoms with Crippen molar-refractivity contribution < 1.29 is 28.6 Å². The van der Waals surface area contributed by atoms with Gasteiger partial charge in [0, 0.05) is 12.6 Å². The van der Waals surface area contributed by atoms with Crippen molar-refractivity contribution in [3.05, 3.63) is 23.3 Å². The van der Waals surface area contributed by atoms with Crippen LogP contribution in [0.15, 0.2) is 12.1 Å². The van der Waals surface area contributed by atoms with Gasteiger partial charge in [-0.05, 0) is 32.3 Å². The smallest absolute Gasteiger partial charge is 0.325 e. The number of benzene rings is 1. The minimum absolute atomic E-state index is 0.137. The maximum absolute atomic E-state index is 13.9. The van der Waals surface area contributed by atoms with E-state index in [0.717, 1.165) is 64.2 Å². The normalized spacial score (nSPS) is 10.9. The molecule has 0 aromatic heterocycles. The molecule has 0 heterocycles. The fourth-order valence-electron chi connectivity index (χ4n) is 4.80. The first-order valence-corrected chi connectivity index (χ1v) is 16.6. The van der Waals surface area contributed by atoms with E-state index in [1.165, 1.54) is 49.5 Å². The second kappa shape index (κ2) is 23.8. The molecule has 0 saturated heterocycles. The van der Waals surface area contributed by atoms with E-state index >= 15 is 0 Å². The van der Waals surface area contributed by atoms with Gasteiger partial charge in [-0.25, -0.2) is 0 Å². The summed E-state index contributed by atoms with van der Waals surface area (Å²) in [5, 5.41) is 0. The molecule has 0 bridgehead atoms. The molecule has 1 rings (SSSR count). The Labute approximate surface area is 255 Å². The molecule has 0 aliphatic carbocycles. The van der Waals surface area contributed by atoms with Crippen LogP contribution in [0.4, 0.5) is 0 Å². The summed E-state index contributed by atoms with van der Waals surface area (Å²) in [7, 11) is 0. The average Bonchev–Trinajstić information content (AvgIpc) is 2.97. The second-order valence-corrected chi connectivity index (χ2v) is 11.0. The third-order valence-corrected chi connectivity index (χ3v) is 7.28. The first-order chi connectivity index (χ1) is 20.4. The lowest BCUT2D eigenvalue weighted by Gasteiger charge is -2.24. The number of nitrogens with two attached hydrogens (primary N) is 1. The first kappa shape index (κ1) is 37.3. The molecule has 8 nitrogen and oxygen atoms in total. The lowest BCUT2D eigenvalue weighted by molar-refractivity contribution is -0.143. The topological polar surface area (TPSA) is 108 Å². The fourth-order valence-corrected chi connectivity index (χ4v) is 4.80. The number of carbonyl (C=O) groups is 3. The zero-order valence-corrected chi connectivity index (χ0v) is 27.0. The minimum atomic E-state index is -0.677. The van der Waals surface area contributed by atoms with E-state index < -0.39 is 11.9 Å². The van der Waals surface area contributed by atoms with Gasteiger partial charge in [-0.2, -0.15) is 0 Å². The van der Waals surface area contributed by atoms with Crippen molar-refractivity contribution in [3.8, 4) is 11.5 Å². The van der Waals surface area contributed by atoms with Crippen molar-refractivity contribution in [1.29, 1.82) is 0 Å². The predicted octanol–water partition coefficient (Wildman–Crippen LogP) is 7.85. The number of carbonyl (C=O) groups excluding carboxylic acids is 3. The lowest BCUT2D eigenvalue weighted by Crippen LogP contribution is -2.37. The van der Waals surface area contributed by atoms with Crippen LogP contribution in [-0.4, -0.2) is 55.6 Å². The van der Waals surface area contributed by atoms with Gasteiger partial charge in [0.25, 0.3) is 11.8 Å². The molecule has 0 fully saturated rings. The van der Waals surface area contributed by atoms with E-state index in [1.807, 2.05) is 0 Å². The van der Waals surface area contributed by atoms with Gasteiger partial charge in [-0.1, -0.05) is 104 Å². The van der Waals surface area contributed by atoms with Crippen LogP contribution in [-0.2, 0) is 9.53 Å². The molecule has 0 aliphatic heterocycles. The number of hydrogen-bond acceptors (Lipinski definition) is 6. The Kier molecular flexibility index (Phi) is 21.1. The van der Waals surface area contributed by atoms with E-state index in [4.69, 9.17) is 19.9 Å². The van der Waals surface area contributed by atoms with Gasteiger partial charge >= 0.3 is 5.97 Å². The molecule has 2 amide bonds. The van der Waals surface area contributed by atoms with Gasteiger partial charge in [-0.15, -0.1) is 0 Å². The Bertz CT molecular complexity index is 904. The van der Waals surface area contributed by atoms with Crippen molar-refractivity contribution in [2.75, 3.05) is 32.9 Å². The highest BCUT2D eigenvalue weighted by Crippen LogP contribution is 2.31. The van der Waals surface area contributed by atoms with E-state index in [-0.39, 0.29) is 30.2 Å². The maximum Gasteiger partial charge on any atom is 0.325 e. The van der Waals surface area contributed by atoms with E-state index in [1.54, 1.807) is 13.0 Å². The molecule has 1 aromatic rings. The number of nitrogens with zero attached hydrogens (tertiary/aromatic N) is 1. The zero-order chi connectivity index (χ0) is 31.0. The number of esters is 1. The Balaban J connectivity index is 3.21. The summed E-state index contributed by atoms with van der Waals surface area (Å²) in [5.74, 6) is -0.860. The van der Waals surface area contributed by atoms with Crippen LogP contribution in [0.25, 0.3) is 0 Å². The second-order valence-electron chi connectivity index (χ2n) is 11.0. The van der Waals surface area contributed by atoms with Crippen LogP contribution in [0.2, 0.25) is 0 Å². The highest BCUT2D eigenvalue weighted by atomic mass is 16.5. The Morgan fingerprint density at radius 2 is 1.12 bits per heavy atom. The SMILES string of the molecule is CCCCCCCCOc1cc(OCCCCCCCC)c(C(=O)N(CCCCCC)CC(=O)OCC)cc1C(N)=O. The molecule has 8 heteroatoms. The summed E-state index contributed by atoms with van der Waals surface area (Å²) < 4.78 is 17.3. The highest BCUT2D eigenvalue weighted by Gasteiger charge is 2.26. The summed E-state index contributed by atoms with van der Waals surface area (Å²) in [6, 6.07) is 3.10. The van der Waals surface area contributed by atoms with Gasteiger partial charge in [0.1, 0.15) is 18.0 Å². The fraction of sp³-hybridized carbons (Fsp3) is 0.735. The highest BCUT2D eigenvalue weighted by molar-refractivity contribution is 6.03. The van der Waals surface area contributed by atoms with Crippen LogP contribution in [0, 0.1) is 0 Å². The van der Waals surface area contributed by atoms with Crippen LogP contribution in [0.5, 0.6) is 11.5 Å². The van der Waals surface area contributed by atoms with Crippen molar-refractivity contribution in [1.82, 2.24) is 4.90 Å². The molecular formula is C34H58N2O6. The maximum atomic E-state index is 13.9. The molecular weight excluding hydrogens is 532 g/mol. The van der Waals surface area contributed by atoms with Crippen molar-refractivity contribution in [2.24, 2.45) is 5.73 Å². The van der Waals surface area contributed by atoms with Crippen molar-refractivity contribution in [3.63, 3.8) is 0 Å². The van der Waals surface area contributed by atoms with Crippen LogP contribution in [0.3, 0.4) is 0 Å². The van der Waals surface area contributed by atoms with Gasteiger partial charge in [0.15, 0.2) is 0 Å². The molecule has 240 valence electrons. The van der Waals surface area contributed by atoms with Gasteiger partial charge in [-0.3, -0.25) is 14.4 Å². The molecule has 0 atom stereocenters. The van der Waals surface area contributed by atoms with Crippen molar-refractivity contribution in [2.45, 2.75) is 130 Å². The van der Waals surface area contributed by atoms with E-state index in [2.05, 4.69) is 20.8 Å². The Morgan fingerprint density at radius 1 is 0.643 bits per heavy atom. The molecule has 0 spiro atoms. The number of rotatable bonds is 26. The summed E-state index contributed by atoms with van der Waals surface area (Å²) in [5.41, 5.74) is 6.10. The quantitative estimate of drug-likeness (QED) is 0.0869. The minimum Gasteiger partial charge on any atom is -0.493 e. The molecule has 42 heavy (non-hydrogen) atoms. The van der Waals surface area contributed by atoms with Crippen molar-refractivity contribution >= 4 is 17.8 Å². The Morgan fingerprint density at radius 3 is 1.62 bits per heavy atom. The zero-order valence-electron chi connectivity index (χ0n) is 27.0. The average molecular weight is 591 g/mol. The standard InChI is InChI=1S/C34H58N2O6/c1-5-9-12-15-17-20-23-41-30-26-31(42-24-21-18-16-13-10-6-2)29(25-28(30)33(35)38)34(39)36(22-19-14-11-7-3)27-32(37)40-8-4/h25-26H,5-24,27H2,1-4H3,(H2,35,38). The predicted molar refractivity (Wildman–Crippen MR) is 169 cm³/mol. The van der Waals surface area contributed by atoms with E-state index in [9.17, 15) is 14.4 Å². The van der Waals surface area contributed by atoms with Gasteiger partial charge in [0.2, 0.25) is 0 Å². The summed E-state index contributed by atoms with van der Waals surface area (Å²) in [6.07, 6.45) is 17.1. The molecule has 0 aliphatic rings. The molecule has 0 saturated carbocycles. The van der Waals surface area contributed by atoms with Crippen LogP contribution < -0.4 is 15.2 Å². The third-order valence-electron chi connectivity index (χ3n) is 7.28. The molecule has 0 unspecified atom stereocenters. The third kappa shape index (κ3) is 15.5. The summed E-state index contributed by atoms with van der Waals surface area (Å²) >= 11 is 0. The largest absolute Gasteiger partial charge is 0.493 e. The van der Waals surface area contributed by atoms with Gasteiger partial charge in [0.05, 0.1) is 30.9 Å². The van der Waals surface area contributed by atoms with E-state index in [0.29, 0.717) is 31.3 Å².